The summed E-state index contributed by atoms with van der Waals surface area (Å²) >= 11 is 0. The van der Waals surface area contributed by atoms with Gasteiger partial charge in [0.2, 0.25) is 0 Å². The number of aromatic amines is 1. The van der Waals surface area contributed by atoms with Crippen molar-refractivity contribution < 1.29 is 5.11 Å². The maximum absolute atomic E-state index is 10.7. The molecule has 4 aromatic heterocycles. The number of H-pyrrole nitrogens is 1. The van der Waals surface area contributed by atoms with Gasteiger partial charge in [-0.05, 0) is 24.6 Å². The zero-order valence-electron chi connectivity index (χ0n) is 14.9. The second-order valence-corrected chi connectivity index (χ2v) is 6.78. The molecule has 5 heterocycles. The molecule has 0 radical (unpaired) electrons. The Labute approximate surface area is 155 Å². The van der Waals surface area contributed by atoms with Crippen LogP contribution in [0.5, 0.6) is 0 Å². The van der Waals surface area contributed by atoms with Gasteiger partial charge >= 0.3 is 0 Å². The summed E-state index contributed by atoms with van der Waals surface area (Å²) in [4.78, 5) is 14.2. The zero-order valence-corrected chi connectivity index (χ0v) is 14.9. The Morgan fingerprint density at radius 2 is 2.15 bits per heavy atom. The first kappa shape index (κ1) is 16.0. The lowest BCUT2D eigenvalue weighted by molar-refractivity contribution is 0.203. The molecular formula is C18H20N8O. The van der Waals surface area contributed by atoms with Gasteiger partial charge in [-0.1, -0.05) is 0 Å². The first-order valence-corrected chi connectivity index (χ1v) is 8.96. The quantitative estimate of drug-likeness (QED) is 0.570. The highest BCUT2D eigenvalue weighted by molar-refractivity contribution is 5.87. The summed E-state index contributed by atoms with van der Waals surface area (Å²) in [6, 6.07) is 5.79. The smallest absolute Gasteiger partial charge is 0.142 e. The third-order valence-electron chi connectivity index (χ3n) is 5.08. The van der Waals surface area contributed by atoms with Crippen molar-refractivity contribution in [3.8, 4) is 0 Å². The lowest BCUT2D eigenvalue weighted by Gasteiger charge is -2.21. The fourth-order valence-electron chi connectivity index (χ4n) is 3.71. The molecule has 0 aliphatic carbocycles. The average Bonchev–Trinajstić information content (AvgIpc) is 3.38. The first-order chi connectivity index (χ1) is 13.2. The standard InChI is InChI=1S/C18H20N8O/c1-24-15(4-6-22-24)16(27)14-9-12-10-25(7-2-8-26(12)23-14)18-13-3-5-19-17(13)20-11-21-18/h3-6,9,11,16,27H,2,7-8,10H2,1H3,(H,19,20,21)/t16-/m1/s1. The molecule has 0 saturated carbocycles. The molecule has 5 rings (SSSR count). The first-order valence-electron chi connectivity index (χ1n) is 8.96. The Morgan fingerprint density at radius 1 is 1.22 bits per heavy atom. The molecule has 138 valence electrons. The molecule has 27 heavy (non-hydrogen) atoms. The number of aliphatic hydroxyl groups excluding tert-OH is 1. The van der Waals surface area contributed by atoms with Gasteiger partial charge in [-0.25, -0.2) is 9.97 Å². The molecule has 2 N–H and O–H groups in total. The van der Waals surface area contributed by atoms with E-state index in [-0.39, 0.29) is 0 Å². The van der Waals surface area contributed by atoms with E-state index in [2.05, 4.69) is 30.0 Å². The van der Waals surface area contributed by atoms with Gasteiger partial charge in [-0.3, -0.25) is 9.36 Å². The van der Waals surface area contributed by atoms with Crippen molar-refractivity contribution in [2.45, 2.75) is 25.6 Å². The second-order valence-electron chi connectivity index (χ2n) is 6.78. The average molecular weight is 364 g/mol. The van der Waals surface area contributed by atoms with Gasteiger partial charge in [-0.2, -0.15) is 10.2 Å². The van der Waals surface area contributed by atoms with Crippen LogP contribution in [0.4, 0.5) is 5.82 Å². The number of aryl methyl sites for hydroxylation is 2. The number of aromatic nitrogens is 7. The number of fused-ring (bicyclic) bond motifs is 2. The van der Waals surface area contributed by atoms with Gasteiger partial charge < -0.3 is 15.0 Å². The number of nitrogens with zero attached hydrogens (tertiary/aromatic N) is 7. The van der Waals surface area contributed by atoms with Crippen LogP contribution in [-0.4, -0.2) is 46.2 Å². The molecule has 0 aromatic carbocycles. The minimum Gasteiger partial charge on any atom is -0.380 e. The second kappa shape index (κ2) is 6.20. The number of hydrogen-bond acceptors (Lipinski definition) is 6. The van der Waals surface area contributed by atoms with Crippen LogP contribution in [0.1, 0.15) is 29.6 Å². The number of hydrogen-bond donors (Lipinski definition) is 2. The third kappa shape index (κ3) is 2.67. The Balaban J connectivity index is 1.48. The van der Waals surface area contributed by atoms with Crippen molar-refractivity contribution >= 4 is 16.9 Å². The van der Waals surface area contributed by atoms with Crippen molar-refractivity contribution in [3.63, 3.8) is 0 Å². The van der Waals surface area contributed by atoms with Crippen LogP contribution in [0.3, 0.4) is 0 Å². The molecule has 0 bridgehead atoms. The van der Waals surface area contributed by atoms with Crippen molar-refractivity contribution in [3.05, 3.63) is 54.0 Å². The Bertz CT molecular complexity index is 1090. The highest BCUT2D eigenvalue weighted by Crippen LogP contribution is 2.27. The molecule has 0 spiro atoms. The van der Waals surface area contributed by atoms with Crippen molar-refractivity contribution in [1.29, 1.82) is 0 Å². The molecule has 1 atom stereocenters. The van der Waals surface area contributed by atoms with E-state index in [1.54, 1.807) is 17.2 Å². The van der Waals surface area contributed by atoms with E-state index in [1.165, 1.54) is 0 Å². The number of anilines is 1. The van der Waals surface area contributed by atoms with Crippen molar-refractivity contribution in [1.82, 2.24) is 34.5 Å². The van der Waals surface area contributed by atoms with Crippen LogP contribution < -0.4 is 4.90 Å². The highest BCUT2D eigenvalue weighted by atomic mass is 16.3. The Hall–Kier alpha value is -3.20. The minimum atomic E-state index is -0.791. The molecular weight excluding hydrogens is 344 g/mol. The Morgan fingerprint density at radius 3 is 3.00 bits per heavy atom. The van der Waals surface area contributed by atoms with Crippen molar-refractivity contribution in [2.24, 2.45) is 7.05 Å². The van der Waals surface area contributed by atoms with Crippen LogP contribution in [0, 0.1) is 0 Å². The topological polar surface area (TPSA) is 101 Å². The lowest BCUT2D eigenvalue weighted by Crippen LogP contribution is -2.23. The van der Waals surface area contributed by atoms with E-state index in [0.29, 0.717) is 12.2 Å². The number of rotatable bonds is 3. The van der Waals surface area contributed by atoms with E-state index < -0.39 is 6.10 Å². The summed E-state index contributed by atoms with van der Waals surface area (Å²) in [6.07, 6.45) is 5.31. The molecule has 0 amide bonds. The van der Waals surface area contributed by atoms with Crippen molar-refractivity contribution in [2.75, 3.05) is 11.4 Å². The van der Waals surface area contributed by atoms with Crippen LogP contribution in [-0.2, 0) is 20.1 Å². The number of nitrogens with one attached hydrogen (secondary N) is 1. The van der Waals surface area contributed by atoms with E-state index in [1.807, 2.05) is 36.1 Å². The monoisotopic (exact) mass is 364 g/mol. The molecule has 9 heteroatoms. The van der Waals surface area contributed by atoms with Gasteiger partial charge in [0.25, 0.3) is 0 Å². The maximum atomic E-state index is 10.7. The molecule has 0 saturated heterocycles. The predicted octanol–water partition coefficient (Wildman–Crippen LogP) is 1.38. The maximum Gasteiger partial charge on any atom is 0.142 e. The van der Waals surface area contributed by atoms with Gasteiger partial charge in [0.1, 0.15) is 23.9 Å². The molecule has 1 aliphatic rings. The van der Waals surface area contributed by atoms with Gasteiger partial charge in [-0.15, -0.1) is 0 Å². The fraction of sp³-hybridized carbons (Fsp3) is 0.333. The normalized spacial score (nSPS) is 15.7. The fourth-order valence-corrected chi connectivity index (χ4v) is 3.71. The van der Waals surface area contributed by atoms with Gasteiger partial charge in [0.05, 0.1) is 29.0 Å². The van der Waals surface area contributed by atoms with Gasteiger partial charge in [0, 0.05) is 32.5 Å². The summed E-state index contributed by atoms with van der Waals surface area (Å²) in [5.74, 6) is 0.921. The predicted molar refractivity (Wildman–Crippen MR) is 99.1 cm³/mol. The minimum absolute atomic E-state index is 0.643. The summed E-state index contributed by atoms with van der Waals surface area (Å²) in [6.45, 7) is 2.38. The van der Waals surface area contributed by atoms with E-state index in [0.717, 1.165) is 47.7 Å². The van der Waals surface area contributed by atoms with E-state index >= 15 is 0 Å². The molecule has 4 aromatic rings. The summed E-state index contributed by atoms with van der Waals surface area (Å²) in [5, 5.41) is 20.5. The molecule has 1 aliphatic heterocycles. The van der Waals surface area contributed by atoms with Crippen LogP contribution in [0.2, 0.25) is 0 Å². The SMILES string of the molecule is Cn1nccc1[C@H](O)c1cc2n(n1)CCCN(c1ncnc3[nH]ccc13)C2. The third-order valence-corrected chi connectivity index (χ3v) is 5.08. The van der Waals surface area contributed by atoms with Gasteiger partial charge in [0.15, 0.2) is 0 Å². The molecule has 9 nitrogen and oxygen atoms in total. The van der Waals surface area contributed by atoms with E-state index in [9.17, 15) is 5.11 Å². The lowest BCUT2D eigenvalue weighted by atomic mass is 10.2. The summed E-state index contributed by atoms with van der Waals surface area (Å²) < 4.78 is 3.66. The summed E-state index contributed by atoms with van der Waals surface area (Å²) in [7, 11) is 1.82. The molecule has 0 fully saturated rings. The largest absolute Gasteiger partial charge is 0.380 e. The van der Waals surface area contributed by atoms with E-state index in [4.69, 9.17) is 0 Å². The number of aliphatic hydroxyl groups is 1. The molecule has 0 unspecified atom stereocenters. The summed E-state index contributed by atoms with van der Waals surface area (Å²) in [5.41, 5.74) is 3.27. The van der Waals surface area contributed by atoms with Crippen LogP contribution in [0.15, 0.2) is 36.9 Å². The highest BCUT2D eigenvalue weighted by Gasteiger charge is 2.23. The Kier molecular flexibility index (Phi) is 3.68. The van der Waals surface area contributed by atoms with Crippen LogP contribution in [0.25, 0.3) is 11.0 Å². The van der Waals surface area contributed by atoms with Crippen LogP contribution >= 0.6 is 0 Å². The zero-order chi connectivity index (χ0) is 18.4.